The van der Waals surface area contributed by atoms with Crippen molar-refractivity contribution in [1.82, 2.24) is 4.90 Å². The molecule has 3 fully saturated rings. The number of fused-ring (bicyclic) bond motifs is 1. The maximum atomic E-state index is 12.9. The number of likely N-dealkylation sites (tertiary alicyclic amines) is 1. The molecule has 4 rings (SSSR count). The number of alkyl halides is 2. The number of carbonyl (C=O) groups excluding carboxylic acids is 3. The number of halogens is 2. The van der Waals surface area contributed by atoms with Gasteiger partial charge in [-0.15, -0.1) is 0 Å². The second-order valence-corrected chi connectivity index (χ2v) is 10.6. The second-order valence-electron chi connectivity index (χ2n) is 8.25. The molecule has 0 unspecified atom stereocenters. The van der Waals surface area contributed by atoms with Crippen molar-refractivity contribution < 1.29 is 14.4 Å². The van der Waals surface area contributed by atoms with E-state index < -0.39 is 0 Å². The molecule has 2 aliphatic heterocycles. The maximum absolute atomic E-state index is 12.9. The summed E-state index contributed by atoms with van der Waals surface area (Å²) >= 11 is 7.22. The van der Waals surface area contributed by atoms with E-state index in [9.17, 15) is 14.4 Å². The molecule has 28 heavy (non-hydrogen) atoms. The van der Waals surface area contributed by atoms with Gasteiger partial charge in [-0.2, -0.15) is 0 Å². The number of anilines is 1. The molecule has 1 aromatic carbocycles. The Balaban J connectivity index is 1.50. The highest BCUT2D eigenvalue weighted by atomic mass is 79.9. The smallest absolute Gasteiger partial charge is 0.253 e. The van der Waals surface area contributed by atoms with Gasteiger partial charge >= 0.3 is 0 Å². The van der Waals surface area contributed by atoms with Crippen LogP contribution in [0.15, 0.2) is 24.3 Å². The van der Waals surface area contributed by atoms with Crippen molar-refractivity contribution in [3.05, 3.63) is 29.8 Å². The molecule has 150 valence electrons. The maximum Gasteiger partial charge on any atom is 0.253 e. The van der Waals surface area contributed by atoms with Crippen LogP contribution in [0.3, 0.4) is 0 Å². The molecule has 1 saturated carbocycles. The normalized spacial score (nSPS) is 31.2. The van der Waals surface area contributed by atoms with Crippen LogP contribution < -0.4 is 4.90 Å². The fraction of sp³-hybridized carbons (Fsp3) is 0.571. The summed E-state index contributed by atoms with van der Waals surface area (Å²) in [6.07, 6.45) is 3.39. The third kappa shape index (κ3) is 3.56. The molecule has 3 amide bonds. The van der Waals surface area contributed by atoms with E-state index in [1.807, 2.05) is 4.90 Å². The standard InChI is InChI=1S/C21H24Br2N2O3/c1-12-6-8-24(9-7-12)19(26)13-2-4-14(5-3-13)25-20(27)15-10-17(22)18(23)11-16(15)21(25)28/h2-5,12,15-18H,6-11H2,1H3/t15-,16+,17+,18-. The first kappa shape index (κ1) is 20.1. The van der Waals surface area contributed by atoms with Crippen LogP contribution in [-0.2, 0) is 9.59 Å². The number of rotatable bonds is 2. The lowest BCUT2D eigenvalue weighted by molar-refractivity contribution is -0.122. The van der Waals surface area contributed by atoms with Crippen molar-refractivity contribution in [2.75, 3.05) is 18.0 Å². The summed E-state index contributed by atoms with van der Waals surface area (Å²) in [6.45, 7) is 3.79. The van der Waals surface area contributed by atoms with Crippen LogP contribution in [0, 0.1) is 17.8 Å². The van der Waals surface area contributed by atoms with Gasteiger partial charge in [0.05, 0.1) is 17.5 Å². The molecule has 2 heterocycles. The molecule has 0 bridgehead atoms. The largest absolute Gasteiger partial charge is 0.339 e. The van der Waals surface area contributed by atoms with Crippen LogP contribution in [0.5, 0.6) is 0 Å². The van der Waals surface area contributed by atoms with Gasteiger partial charge < -0.3 is 4.90 Å². The molecule has 2 saturated heterocycles. The zero-order valence-electron chi connectivity index (χ0n) is 15.8. The Hall–Kier alpha value is -1.21. The predicted molar refractivity (Wildman–Crippen MR) is 115 cm³/mol. The highest BCUT2D eigenvalue weighted by Gasteiger charge is 2.52. The topological polar surface area (TPSA) is 57.7 Å². The van der Waals surface area contributed by atoms with E-state index in [1.54, 1.807) is 24.3 Å². The van der Waals surface area contributed by atoms with Crippen LogP contribution in [0.2, 0.25) is 0 Å². The molecule has 0 spiro atoms. The van der Waals surface area contributed by atoms with Gasteiger partial charge in [0, 0.05) is 28.3 Å². The van der Waals surface area contributed by atoms with Gasteiger partial charge in [0.1, 0.15) is 0 Å². The van der Waals surface area contributed by atoms with E-state index in [-0.39, 0.29) is 39.2 Å². The highest BCUT2D eigenvalue weighted by Crippen LogP contribution is 2.44. The quantitative estimate of drug-likeness (QED) is 0.445. The molecule has 0 N–H and O–H groups in total. The van der Waals surface area contributed by atoms with Gasteiger partial charge in [-0.3, -0.25) is 19.3 Å². The van der Waals surface area contributed by atoms with Crippen molar-refractivity contribution in [2.45, 2.75) is 42.3 Å². The number of hydrogen-bond donors (Lipinski definition) is 0. The van der Waals surface area contributed by atoms with Gasteiger partial charge in [-0.25, -0.2) is 0 Å². The first-order chi connectivity index (χ1) is 13.4. The Morgan fingerprint density at radius 3 is 1.93 bits per heavy atom. The summed E-state index contributed by atoms with van der Waals surface area (Å²) in [5, 5.41) is 0. The zero-order valence-corrected chi connectivity index (χ0v) is 19.0. The van der Waals surface area contributed by atoms with Gasteiger partial charge in [0.25, 0.3) is 5.91 Å². The third-order valence-corrected chi connectivity index (χ3v) is 9.09. The number of benzene rings is 1. The fourth-order valence-corrected chi connectivity index (χ4v) is 5.73. The summed E-state index contributed by atoms with van der Waals surface area (Å²) < 4.78 is 0. The van der Waals surface area contributed by atoms with E-state index in [0.717, 1.165) is 25.9 Å². The van der Waals surface area contributed by atoms with Gasteiger partial charge in [-0.1, -0.05) is 38.8 Å². The van der Waals surface area contributed by atoms with Gasteiger partial charge in [-0.05, 0) is 55.9 Å². The van der Waals surface area contributed by atoms with Gasteiger partial charge in [0.2, 0.25) is 11.8 Å². The number of amides is 3. The van der Waals surface area contributed by atoms with E-state index in [1.165, 1.54) is 4.90 Å². The molecule has 1 aliphatic carbocycles. The molecule has 5 nitrogen and oxygen atoms in total. The van der Waals surface area contributed by atoms with Crippen LogP contribution in [0.25, 0.3) is 0 Å². The second kappa shape index (κ2) is 7.90. The van der Waals surface area contributed by atoms with Crippen molar-refractivity contribution in [3.63, 3.8) is 0 Å². The minimum Gasteiger partial charge on any atom is -0.339 e. The lowest BCUT2D eigenvalue weighted by Crippen LogP contribution is -2.38. The number of nitrogens with zero attached hydrogens (tertiary/aromatic N) is 2. The highest BCUT2D eigenvalue weighted by molar-refractivity contribution is 9.12. The molecular formula is C21H24Br2N2O3. The number of carbonyl (C=O) groups is 3. The lowest BCUT2D eigenvalue weighted by Gasteiger charge is -2.30. The average Bonchev–Trinajstić information content (AvgIpc) is 2.92. The first-order valence-electron chi connectivity index (χ1n) is 9.92. The minimum absolute atomic E-state index is 0.0236. The van der Waals surface area contributed by atoms with Crippen LogP contribution >= 0.6 is 31.9 Å². The zero-order chi connectivity index (χ0) is 20.0. The van der Waals surface area contributed by atoms with Crippen LogP contribution in [0.4, 0.5) is 5.69 Å². The molecule has 3 aliphatic rings. The summed E-state index contributed by atoms with van der Waals surface area (Å²) in [6, 6.07) is 6.92. The van der Waals surface area contributed by atoms with Crippen molar-refractivity contribution in [3.8, 4) is 0 Å². The van der Waals surface area contributed by atoms with Crippen molar-refractivity contribution in [2.24, 2.45) is 17.8 Å². The SMILES string of the molecule is CC1CCN(C(=O)c2ccc(N3C(=O)[C@H]4C[C@@H](Br)[C@@H](Br)C[C@H]4C3=O)cc2)CC1. The van der Waals surface area contributed by atoms with E-state index in [4.69, 9.17) is 0 Å². The molecule has 0 aromatic heterocycles. The Bertz CT molecular complexity index is 761. The van der Waals surface area contributed by atoms with E-state index in [0.29, 0.717) is 30.0 Å². The number of piperidine rings is 1. The first-order valence-corrected chi connectivity index (χ1v) is 11.7. The summed E-state index contributed by atoms with van der Waals surface area (Å²) in [5.41, 5.74) is 1.17. The minimum atomic E-state index is -0.262. The molecule has 1 aromatic rings. The van der Waals surface area contributed by atoms with Crippen molar-refractivity contribution >= 4 is 55.3 Å². The Labute approximate surface area is 182 Å². The lowest BCUT2D eigenvalue weighted by atomic mass is 9.81. The molecular weight excluding hydrogens is 488 g/mol. The van der Waals surface area contributed by atoms with Crippen LogP contribution in [0.1, 0.15) is 43.0 Å². The van der Waals surface area contributed by atoms with Crippen LogP contribution in [-0.4, -0.2) is 45.4 Å². The Morgan fingerprint density at radius 2 is 1.43 bits per heavy atom. The Morgan fingerprint density at radius 1 is 0.929 bits per heavy atom. The summed E-state index contributed by atoms with van der Waals surface area (Å²) in [7, 11) is 0. The monoisotopic (exact) mass is 510 g/mol. The van der Waals surface area contributed by atoms with Crippen molar-refractivity contribution in [1.29, 1.82) is 0 Å². The van der Waals surface area contributed by atoms with Gasteiger partial charge in [0.15, 0.2) is 0 Å². The Kier molecular flexibility index (Phi) is 5.67. The summed E-state index contributed by atoms with van der Waals surface area (Å²) in [4.78, 5) is 42.1. The predicted octanol–water partition coefficient (Wildman–Crippen LogP) is 3.99. The number of imide groups is 1. The third-order valence-electron chi connectivity index (χ3n) is 6.35. The number of hydrogen-bond acceptors (Lipinski definition) is 3. The average molecular weight is 512 g/mol. The summed E-state index contributed by atoms with van der Waals surface area (Å²) in [5.74, 6) is -0.0774. The molecule has 4 atom stereocenters. The molecule has 0 radical (unpaired) electrons. The molecule has 7 heteroatoms. The van der Waals surface area contributed by atoms with E-state index >= 15 is 0 Å². The fourth-order valence-electron chi connectivity index (χ4n) is 4.50. The van der Waals surface area contributed by atoms with E-state index in [2.05, 4.69) is 38.8 Å².